The minimum absolute atomic E-state index is 0.0137. The highest BCUT2D eigenvalue weighted by molar-refractivity contribution is 7.71. The number of hydrogen-bond donors (Lipinski definition) is 1. The molecule has 1 N–H and O–H groups in total. The highest BCUT2D eigenvalue weighted by atomic mass is 35.5. The zero-order valence-corrected chi connectivity index (χ0v) is 14.6. The van der Waals surface area contributed by atoms with Crippen LogP contribution in [-0.2, 0) is 12.0 Å². The molecule has 0 saturated heterocycles. The standard InChI is InChI=1S/C18H14ClF2N3S/c19-15-4-2-1-3-12(15)14-8-18(14,9-24-17(25)22-10-23-24)13-6-5-11(20)7-16(13)21/h1-7,10,14H,8-9H2,(H,22,23,25). The van der Waals surface area contributed by atoms with Crippen LogP contribution >= 0.6 is 23.8 Å². The first-order valence-corrected chi connectivity index (χ1v) is 8.60. The fourth-order valence-corrected chi connectivity index (χ4v) is 4.01. The molecule has 0 spiro atoms. The zero-order chi connectivity index (χ0) is 17.6. The van der Waals surface area contributed by atoms with Crippen LogP contribution in [0.1, 0.15) is 23.5 Å². The van der Waals surface area contributed by atoms with Gasteiger partial charge in [-0.3, -0.25) is 0 Å². The van der Waals surface area contributed by atoms with E-state index in [1.807, 2.05) is 24.3 Å². The molecule has 1 saturated carbocycles. The Kier molecular flexibility index (Phi) is 3.96. The van der Waals surface area contributed by atoms with Crippen LogP contribution in [-0.4, -0.2) is 14.8 Å². The van der Waals surface area contributed by atoms with Crippen molar-refractivity contribution in [2.45, 2.75) is 24.3 Å². The SMILES string of the molecule is Fc1ccc(C2(Cn3nc[nH]c3=S)CC2c2ccccc2Cl)c(F)c1. The van der Waals surface area contributed by atoms with Gasteiger partial charge in [-0.05, 0) is 47.8 Å². The molecule has 128 valence electrons. The molecule has 2 unspecified atom stereocenters. The molecule has 2 aromatic carbocycles. The molecule has 2 atom stereocenters. The van der Waals surface area contributed by atoms with Crippen LogP contribution in [0.25, 0.3) is 0 Å². The topological polar surface area (TPSA) is 33.6 Å². The van der Waals surface area contributed by atoms with E-state index in [1.165, 1.54) is 18.5 Å². The zero-order valence-electron chi connectivity index (χ0n) is 13.0. The molecule has 1 aliphatic carbocycles. The van der Waals surface area contributed by atoms with Gasteiger partial charge in [0.15, 0.2) is 4.77 Å². The number of nitrogens with zero attached hydrogens (tertiary/aromatic N) is 2. The minimum atomic E-state index is -0.595. The van der Waals surface area contributed by atoms with Crippen LogP contribution in [0, 0.1) is 16.4 Å². The number of benzene rings is 2. The van der Waals surface area contributed by atoms with Crippen molar-refractivity contribution < 1.29 is 8.78 Å². The number of aromatic nitrogens is 3. The molecular formula is C18H14ClF2N3S. The van der Waals surface area contributed by atoms with Crippen LogP contribution < -0.4 is 0 Å². The van der Waals surface area contributed by atoms with Gasteiger partial charge in [-0.15, -0.1) is 0 Å². The fourth-order valence-electron chi connectivity index (χ4n) is 3.58. The van der Waals surface area contributed by atoms with Gasteiger partial charge in [-0.25, -0.2) is 13.5 Å². The molecule has 1 aromatic heterocycles. The molecule has 0 radical (unpaired) electrons. The van der Waals surface area contributed by atoms with Crippen molar-refractivity contribution in [2.75, 3.05) is 0 Å². The van der Waals surface area contributed by atoms with E-state index < -0.39 is 17.0 Å². The van der Waals surface area contributed by atoms with Crippen molar-refractivity contribution >= 4 is 23.8 Å². The predicted octanol–water partition coefficient (Wildman–Crippen LogP) is 5.00. The normalized spacial score (nSPS) is 22.1. The Hall–Kier alpha value is -2.05. The van der Waals surface area contributed by atoms with Gasteiger partial charge < -0.3 is 4.98 Å². The summed E-state index contributed by atoms with van der Waals surface area (Å²) in [6.07, 6.45) is 2.19. The summed E-state index contributed by atoms with van der Waals surface area (Å²) in [6, 6.07) is 11.2. The Morgan fingerprint density at radius 3 is 2.76 bits per heavy atom. The van der Waals surface area contributed by atoms with Gasteiger partial charge in [0.2, 0.25) is 0 Å². The maximum atomic E-state index is 14.6. The Balaban J connectivity index is 1.82. The smallest absolute Gasteiger partial charge is 0.194 e. The average molecular weight is 378 g/mol. The van der Waals surface area contributed by atoms with E-state index in [9.17, 15) is 8.78 Å². The Morgan fingerprint density at radius 2 is 2.08 bits per heavy atom. The van der Waals surface area contributed by atoms with Gasteiger partial charge in [0.1, 0.15) is 18.0 Å². The van der Waals surface area contributed by atoms with Crippen LogP contribution in [0.5, 0.6) is 0 Å². The minimum Gasteiger partial charge on any atom is -0.320 e. The molecule has 1 aliphatic rings. The molecule has 3 aromatic rings. The summed E-state index contributed by atoms with van der Waals surface area (Å²) in [5, 5.41) is 4.83. The van der Waals surface area contributed by atoms with E-state index in [2.05, 4.69) is 10.1 Å². The van der Waals surface area contributed by atoms with Gasteiger partial charge in [0.25, 0.3) is 0 Å². The quantitative estimate of drug-likeness (QED) is 0.649. The van der Waals surface area contributed by atoms with Crippen molar-refractivity contribution in [1.29, 1.82) is 0 Å². The number of aromatic amines is 1. The highest BCUT2D eigenvalue weighted by Crippen LogP contribution is 2.62. The maximum absolute atomic E-state index is 14.6. The summed E-state index contributed by atoms with van der Waals surface area (Å²) in [5.41, 5.74) is 0.856. The molecule has 0 bridgehead atoms. The predicted molar refractivity (Wildman–Crippen MR) is 94.3 cm³/mol. The summed E-state index contributed by atoms with van der Waals surface area (Å²) in [6.45, 7) is 0.397. The van der Waals surface area contributed by atoms with Crippen LogP contribution in [0.4, 0.5) is 8.78 Å². The molecule has 1 fully saturated rings. The van der Waals surface area contributed by atoms with E-state index in [0.29, 0.717) is 28.3 Å². The first-order chi connectivity index (χ1) is 12.0. The molecule has 3 nitrogen and oxygen atoms in total. The van der Waals surface area contributed by atoms with Gasteiger partial charge in [0, 0.05) is 16.5 Å². The van der Waals surface area contributed by atoms with E-state index in [4.69, 9.17) is 23.8 Å². The van der Waals surface area contributed by atoms with Crippen LogP contribution in [0.3, 0.4) is 0 Å². The first kappa shape index (κ1) is 16.4. The summed E-state index contributed by atoms with van der Waals surface area (Å²) in [5.74, 6) is -1.14. The molecule has 0 amide bonds. The fraction of sp³-hybridized carbons (Fsp3) is 0.222. The maximum Gasteiger partial charge on any atom is 0.194 e. The molecule has 7 heteroatoms. The molecule has 4 rings (SSSR count). The number of hydrogen-bond acceptors (Lipinski definition) is 2. The van der Waals surface area contributed by atoms with Gasteiger partial charge in [0.05, 0.1) is 6.54 Å². The Bertz CT molecular complexity index is 1000. The lowest BCUT2D eigenvalue weighted by molar-refractivity contribution is 0.460. The van der Waals surface area contributed by atoms with Crippen molar-refractivity contribution in [3.63, 3.8) is 0 Å². The Morgan fingerprint density at radius 1 is 1.28 bits per heavy atom. The second-order valence-electron chi connectivity index (χ2n) is 6.31. The van der Waals surface area contributed by atoms with Gasteiger partial charge in [-0.1, -0.05) is 35.9 Å². The summed E-state index contributed by atoms with van der Waals surface area (Å²) < 4.78 is 30.0. The molecular weight excluding hydrogens is 364 g/mol. The average Bonchev–Trinajstić information content (AvgIpc) is 3.14. The number of halogens is 3. The number of nitrogens with one attached hydrogen (secondary N) is 1. The van der Waals surface area contributed by atoms with Crippen molar-refractivity contribution in [3.8, 4) is 0 Å². The lowest BCUT2D eigenvalue weighted by Gasteiger charge is -2.19. The van der Waals surface area contributed by atoms with Crippen LogP contribution in [0.2, 0.25) is 5.02 Å². The third-order valence-corrected chi connectivity index (χ3v) is 5.55. The summed E-state index contributed by atoms with van der Waals surface area (Å²) >= 11 is 11.6. The van der Waals surface area contributed by atoms with Crippen LogP contribution in [0.15, 0.2) is 48.8 Å². The van der Waals surface area contributed by atoms with Crippen molar-refractivity contribution in [3.05, 3.63) is 81.3 Å². The third kappa shape index (κ3) is 2.79. The largest absolute Gasteiger partial charge is 0.320 e. The Labute approximate surface area is 153 Å². The third-order valence-electron chi connectivity index (χ3n) is 4.87. The van der Waals surface area contributed by atoms with E-state index in [0.717, 1.165) is 11.6 Å². The lowest BCUT2D eigenvalue weighted by atomic mass is 9.90. The van der Waals surface area contributed by atoms with Crippen molar-refractivity contribution in [1.82, 2.24) is 14.8 Å². The van der Waals surface area contributed by atoms with E-state index in [-0.39, 0.29) is 5.92 Å². The highest BCUT2D eigenvalue weighted by Gasteiger charge is 2.58. The van der Waals surface area contributed by atoms with Gasteiger partial charge >= 0.3 is 0 Å². The molecule has 25 heavy (non-hydrogen) atoms. The second-order valence-corrected chi connectivity index (χ2v) is 7.10. The summed E-state index contributed by atoms with van der Waals surface area (Å²) in [4.78, 5) is 2.85. The number of rotatable bonds is 4. The van der Waals surface area contributed by atoms with Gasteiger partial charge in [-0.2, -0.15) is 5.10 Å². The monoisotopic (exact) mass is 377 g/mol. The molecule has 0 aliphatic heterocycles. The molecule has 1 heterocycles. The second kappa shape index (κ2) is 6.04. The summed E-state index contributed by atoms with van der Waals surface area (Å²) in [7, 11) is 0. The first-order valence-electron chi connectivity index (χ1n) is 7.82. The van der Waals surface area contributed by atoms with E-state index >= 15 is 0 Å². The van der Waals surface area contributed by atoms with Crippen molar-refractivity contribution in [2.24, 2.45) is 0 Å². The van der Waals surface area contributed by atoms with E-state index in [1.54, 1.807) is 4.68 Å². The number of H-pyrrole nitrogens is 1. The lowest BCUT2D eigenvalue weighted by Crippen LogP contribution is -2.21.